The van der Waals surface area contributed by atoms with E-state index >= 15 is 0 Å². The molecule has 0 aliphatic carbocycles. The summed E-state index contributed by atoms with van der Waals surface area (Å²) in [5.41, 5.74) is 0. The lowest BCUT2D eigenvalue weighted by molar-refractivity contribution is 0.377. The number of piperazine rings is 1. The molecule has 1 aromatic rings. The summed E-state index contributed by atoms with van der Waals surface area (Å²) in [6.45, 7) is 6.70. The Balaban J connectivity index is 1.85. The van der Waals surface area contributed by atoms with Crippen molar-refractivity contribution in [2.75, 3.05) is 37.6 Å². The van der Waals surface area contributed by atoms with E-state index in [1.54, 1.807) is 12.4 Å². The quantitative estimate of drug-likeness (QED) is 0.842. The number of nitrogens with one attached hydrogen (secondary N) is 1. The van der Waals surface area contributed by atoms with Crippen molar-refractivity contribution in [1.82, 2.24) is 20.2 Å². The molecule has 0 saturated carbocycles. The van der Waals surface area contributed by atoms with Crippen LogP contribution in [0, 0.1) is 0 Å². The van der Waals surface area contributed by atoms with Gasteiger partial charge in [-0.1, -0.05) is 6.92 Å². The predicted molar refractivity (Wildman–Crippen MR) is 84.4 cm³/mol. The highest BCUT2D eigenvalue weighted by atomic mass is 79.9. The van der Waals surface area contributed by atoms with Crippen molar-refractivity contribution in [3.63, 3.8) is 0 Å². The summed E-state index contributed by atoms with van der Waals surface area (Å²) < 4.78 is 0.903. The maximum Gasteiger partial charge on any atom is 0.225 e. The topological polar surface area (TPSA) is 44.3 Å². The molecule has 2 heterocycles. The van der Waals surface area contributed by atoms with Crippen molar-refractivity contribution in [1.29, 1.82) is 0 Å². The average Bonchev–Trinajstić information content (AvgIpc) is 2.46. The number of halogens is 1. The SMILES string of the molecule is CCCNC(=S)N1CCN(c2ncc(Br)cn2)CC1. The normalized spacial score (nSPS) is 15.5. The second-order valence-electron chi connectivity index (χ2n) is 4.41. The van der Waals surface area contributed by atoms with Crippen LogP contribution in [0.15, 0.2) is 16.9 Å². The van der Waals surface area contributed by atoms with Crippen LogP contribution in [-0.4, -0.2) is 52.7 Å². The highest BCUT2D eigenvalue weighted by Gasteiger charge is 2.20. The van der Waals surface area contributed by atoms with Gasteiger partial charge >= 0.3 is 0 Å². The molecule has 0 atom stereocenters. The molecule has 1 saturated heterocycles. The van der Waals surface area contributed by atoms with Gasteiger partial charge in [0.1, 0.15) is 0 Å². The van der Waals surface area contributed by atoms with Gasteiger partial charge in [0.15, 0.2) is 5.11 Å². The van der Waals surface area contributed by atoms with Gasteiger partial charge in [0.2, 0.25) is 5.95 Å². The van der Waals surface area contributed by atoms with Crippen LogP contribution in [0.2, 0.25) is 0 Å². The minimum atomic E-state index is 0.787. The van der Waals surface area contributed by atoms with E-state index in [1.807, 2.05) is 0 Å². The molecule has 1 aliphatic heterocycles. The summed E-state index contributed by atoms with van der Waals surface area (Å²) in [7, 11) is 0. The van der Waals surface area contributed by atoms with Gasteiger partial charge in [-0.25, -0.2) is 9.97 Å². The smallest absolute Gasteiger partial charge is 0.225 e. The van der Waals surface area contributed by atoms with Crippen LogP contribution in [-0.2, 0) is 0 Å². The van der Waals surface area contributed by atoms with Gasteiger partial charge in [0.25, 0.3) is 0 Å². The molecule has 5 nitrogen and oxygen atoms in total. The molecule has 1 N–H and O–H groups in total. The zero-order valence-corrected chi connectivity index (χ0v) is 13.4. The molecule has 104 valence electrons. The Labute approximate surface area is 127 Å². The van der Waals surface area contributed by atoms with Crippen LogP contribution in [0.25, 0.3) is 0 Å². The first-order valence-corrected chi connectivity index (χ1v) is 7.66. The minimum Gasteiger partial charge on any atom is -0.363 e. The molecule has 0 aromatic carbocycles. The number of hydrogen-bond donors (Lipinski definition) is 1. The Morgan fingerprint density at radius 1 is 1.32 bits per heavy atom. The monoisotopic (exact) mass is 343 g/mol. The summed E-state index contributed by atoms with van der Waals surface area (Å²) in [4.78, 5) is 13.0. The third kappa shape index (κ3) is 4.01. The maximum absolute atomic E-state index is 5.37. The van der Waals surface area contributed by atoms with Gasteiger partial charge < -0.3 is 15.1 Å². The van der Waals surface area contributed by atoms with Crippen molar-refractivity contribution in [3.05, 3.63) is 16.9 Å². The highest BCUT2D eigenvalue weighted by Crippen LogP contribution is 2.13. The molecular formula is C12H18BrN5S. The Hall–Kier alpha value is -0.950. The maximum atomic E-state index is 5.37. The molecule has 1 fully saturated rings. The number of rotatable bonds is 3. The Bertz CT molecular complexity index is 417. The molecule has 7 heteroatoms. The van der Waals surface area contributed by atoms with Crippen LogP contribution >= 0.6 is 28.1 Å². The summed E-state index contributed by atoms with van der Waals surface area (Å²) in [6, 6.07) is 0. The van der Waals surface area contributed by atoms with Gasteiger partial charge in [-0.05, 0) is 34.6 Å². The van der Waals surface area contributed by atoms with Crippen LogP contribution in [0.4, 0.5) is 5.95 Å². The number of anilines is 1. The molecule has 2 rings (SSSR count). The first-order valence-electron chi connectivity index (χ1n) is 6.46. The highest BCUT2D eigenvalue weighted by molar-refractivity contribution is 9.10. The van der Waals surface area contributed by atoms with E-state index in [1.165, 1.54) is 0 Å². The van der Waals surface area contributed by atoms with E-state index in [0.717, 1.165) is 54.7 Å². The van der Waals surface area contributed by atoms with Crippen molar-refractivity contribution >= 4 is 39.2 Å². The molecule has 1 aliphatic rings. The van der Waals surface area contributed by atoms with Crippen molar-refractivity contribution in [2.24, 2.45) is 0 Å². The van der Waals surface area contributed by atoms with E-state index in [9.17, 15) is 0 Å². The Morgan fingerprint density at radius 3 is 2.53 bits per heavy atom. The Kier molecular flexibility index (Phi) is 5.33. The van der Waals surface area contributed by atoms with Gasteiger partial charge in [-0.3, -0.25) is 0 Å². The molecule has 1 aromatic heterocycles. The molecule has 0 amide bonds. The minimum absolute atomic E-state index is 0.787. The summed E-state index contributed by atoms with van der Waals surface area (Å²) in [5.74, 6) is 0.787. The largest absolute Gasteiger partial charge is 0.363 e. The zero-order chi connectivity index (χ0) is 13.7. The zero-order valence-electron chi connectivity index (χ0n) is 11.0. The van der Waals surface area contributed by atoms with Gasteiger partial charge in [-0.2, -0.15) is 0 Å². The van der Waals surface area contributed by atoms with Crippen LogP contribution in [0.3, 0.4) is 0 Å². The molecule has 0 bridgehead atoms. The van der Waals surface area contributed by atoms with Gasteiger partial charge in [0.05, 0.1) is 4.47 Å². The number of nitrogens with zero attached hydrogens (tertiary/aromatic N) is 4. The first kappa shape index (κ1) is 14.5. The fraction of sp³-hybridized carbons (Fsp3) is 0.583. The number of aromatic nitrogens is 2. The van der Waals surface area contributed by atoms with Crippen molar-refractivity contribution < 1.29 is 0 Å². The van der Waals surface area contributed by atoms with E-state index < -0.39 is 0 Å². The molecule has 0 unspecified atom stereocenters. The summed E-state index contributed by atoms with van der Waals surface area (Å²) in [6.07, 6.45) is 4.65. The number of hydrogen-bond acceptors (Lipinski definition) is 4. The third-order valence-electron chi connectivity index (χ3n) is 2.98. The number of thiocarbonyl (C=S) groups is 1. The first-order chi connectivity index (χ1) is 9.20. The van der Waals surface area contributed by atoms with Gasteiger partial charge in [-0.15, -0.1) is 0 Å². The van der Waals surface area contributed by atoms with E-state index in [4.69, 9.17) is 12.2 Å². The van der Waals surface area contributed by atoms with E-state index in [0.29, 0.717) is 0 Å². The van der Waals surface area contributed by atoms with Crippen molar-refractivity contribution in [3.8, 4) is 0 Å². The standard InChI is InChI=1S/C12H18BrN5S/c1-2-3-14-12(19)18-6-4-17(5-7-18)11-15-8-10(13)9-16-11/h8-9H,2-7H2,1H3,(H,14,19). The Morgan fingerprint density at radius 2 is 1.95 bits per heavy atom. The predicted octanol–water partition coefficient (Wildman–Crippen LogP) is 1.65. The summed E-state index contributed by atoms with van der Waals surface area (Å²) >= 11 is 8.72. The summed E-state index contributed by atoms with van der Waals surface area (Å²) in [5, 5.41) is 4.12. The van der Waals surface area contributed by atoms with E-state index in [2.05, 4.69) is 47.9 Å². The second-order valence-corrected chi connectivity index (χ2v) is 5.71. The lowest BCUT2D eigenvalue weighted by Crippen LogP contribution is -2.52. The molecule has 0 radical (unpaired) electrons. The lowest BCUT2D eigenvalue weighted by atomic mass is 10.3. The fourth-order valence-corrected chi connectivity index (χ4v) is 2.41. The van der Waals surface area contributed by atoms with Crippen LogP contribution in [0.5, 0.6) is 0 Å². The molecule has 0 spiro atoms. The second kappa shape index (κ2) is 7.00. The lowest BCUT2D eigenvalue weighted by Gasteiger charge is -2.36. The average molecular weight is 344 g/mol. The van der Waals surface area contributed by atoms with Gasteiger partial charge in [0, 0.05) is 45.1 Å². The third-order valence-corrected chi connectivity index (χ3v) is 3.79. The fourth-order valence-electron chi connectivity index (χ4n) is 1.92. The van der Waals surface area contributed by atoms with Crippen molar-refractivity contribution in [2.45, 2.75) is 13.3 Å². The van der Waals surface area contributed by atoms with E-state index in [-0.39, 0.29) is 0 Å². The molecule has 19 heavy (non-hydrogen) atoms. The van der Waals surface area contributed by atoms with Crippen LogP contribution in [0.1, 0.15) is 13.3 Å². The van der Waals surface area contributed by atoms with Crippen LogP contribution < -0.4 is 10.2 Å². The molecular weight excluding hydrogens is 326 g/mol.